The summed E-state index contributed by atoms with van der Waals surface area (Å²) >= 11 is 0. The molecule has 1 aromatic carbocycles. The number of carbonyl (C=O) groups excluding carboxylic acids is 1. The smallest absolute Gasteiger partial charge is 0.259 e. The van der Waals surface area contributed by atoms with E-state index in [4.69, 9.17) is 0 Å². The van der Waals surface area contributed by atoms with Gasteiger partial charge in [0.1, 0.15) is 11.4 Å². The molecular weight excluding hydrogens is 319 g/mol. The largest absolute Gasteiger partial charge is 0.341 e. The van der Waals surface area contributed by atoms with Crippen LogP contribution in [0.2, 0.25) is 0 Å². The highest BCUT2D eigenvalue weighted by Gasteiger charge is 2.22. The van der Waals surface area contributed by atoms with Gasteiger partial charge in [0.2, 0.25) is 0 Å². The van der Waals surface area contributed by atoms with E-state index in [1.54, 1.807) is 35.0 Å². The topological polar surface area (TPSA) is 43.1 Å². The first-order valence-corrected chi connectivity index (χ1v) is 8.20. The van der Waals surface area contributed by atoms with E-state index in [0.717, 1.165) is 0 Å². The van der Waals surface area contributed by atoms with Crippen molar-refractivity contribution in [2.45, 2.75) is 13.8 Å². The number of hydrogen-bond acceptors (Lipinski definition) is 2. The van der Waals surface area contributed by atoms with Gasteiger partial charge >= 0.3 is 0 Å². The zero-order valence-corrected chi connectivity index (χ0v) is 14.6. The summed E-state index contributed by atoms with van der Waals surface area (Å²) in [7, 11) is 1.79. The van der Waals surface area contributed by atoms with Crippen molar-refractivity contribution in [3.8, 4) is 11.5 Å². The summed E-state index contributed by atoms with van der Waals surface area (Å²) in [5.41, 5.74) is 1.19. The molecule has 0 aliphatic carbocycles. The van der Waals surface area contributed by atoms with Crippen molar-refractivity contribution in [3.63, 3.8) is 0 Å². The molecule has 2 aromatic heterocycles. The standard InChI is InChI=1S/C19H21FN4O/c1-14(2)13-22(3)19(25)17-12-21-24(16-8-6-15(20)7-9-16)18(17)23-10-4-5-11-23/h4-12,14H,13H2,1-3H3. The summed E-state index contributed by atoms with van der Waals surface area (Å²) < 4.78 is 16.7. The van der Waals surface area contributed by atoms with Gasteiger partial charge in [-0.2, -0.15) is 5.10 Å². The predicted molar refractivity (Wildman–Crippen MR) is 94.6 cm³/mol. The van der Waals surface area contributed by atoms with E-state index in [9.17, 15) is 9.18 Å². The van der Waals surface area contributed by atoms with Crippen LogP contribution in [0.4, 0.5) is 4.39 Å². The molecule has 5 nitrogen and oxygen atoms in total. The summed E-state index contributed by atoms with van der Waals surface area (Å²) in [6, 6.07) is 9.80. The molecular formula is C19H21FN4O. The summed E-state index contributed by atoms with van der Waals surface area (Å²) in [4.78, 5) is 14.6. The minimum absolute atomic E-state index is 0.0919. The quantitative estimate of drug-likeness (QED) is 0.713. The number of carbonyl (C=O) groups is 1. The minimum Gasteiger partial charge on any atom is -0.341 e. The van der Waals surface area contributed by atoms with Gasteiger partial charge in [0.25, 0.3) is 5.91 Å². The maximum Gasteiger partial charge on any atom is 0.259 e. The molecule has 0 radical (unpaired) electrons. The van der Waals surface area contributed by atoms with Crippen molar-refractivity contribution < 1.29 is 9.18 Å². The fraction of sp³-hybridized carbons (Fsp3) is 0.263. The SMILES string of the molecule is CC(C)CN(C)C(=O)c1cnn(-c2ccc(F)cc2)c1-n1cccc1. The van der Waals surface area contributed by atoms with Gasteiger partial charge < -0.3 is 9.47 Å². The molecule has 2 heterocycles. The highest BCUT2D eigenvalue weighted by molar-refractivity contribution is 5.97. The van der Waals surface area contributed by atoms with Gasteiger partial charge in [0, 0.05) is 26.0 Å². The molecule has 0 N–H and O–H groups in total. The first-order valence-electron chi connectivity index (χ1n) is 8.20. The number of aromatic nitrogens is 3. The van der Waals surface area contributed by atoms with Crippen LogP contribution in [0.5, 0.6) is 0 Å². The van der Waals surface area contributed by atoms with Crippen LogP contribution in [0, 0.1) is 11.7 Å². The Morgan fingerprint density at radius 3 is 2.44 bits per heavy atom. The number of amides is 1. The van der Waals surface area contributed by atoms with Crippen LogP contribution in [0.25, 0.3) is 11.5 Å². The Bertz CT molecular complexity index is 850. The average Bonchev–Trinajstić information content (AvgIpc) is 3.23. The lowest BCUT2D eigenvalue weighted by molar-refractivity contribution is 0.0779. The Labute approximate surface area is 146 Å². The van der Waals surface area contributed by atoms with Gasteiger partial charge in [-0.3, -0.25) is 4.79 Å². The van der Waals surface area contributed by atoms with E-state index in [1.807, 2.05) is 29.1 Å². The molecule has 0 fully saturated rings. The molecule has 0 saturated carbocycles. The lowest BCUT2D eigenvalue weighted by atomic mass is 10.2. The molecule has 130 valence electrons. The van der Waals surface area contributed by atoms with E-state index in [1.165, 1.54) is 12.1 Å². The Morgan fingerprint density at radius 2 is 1.84 bits per heavy atom. The molecule has 3 rings (SSSR count). The summed E-state index contributed by atoms with van der Waals surface area (Å²) in [5.74, 6) is 0.602. The van der Waals surface area contributed by atoms with Crippen LogP contribution in [0.3, 0.4) is 0 Å². The minimum atomic E-state index is -0.314. The molecule has 3 aromatic rings. The predicted octanol–water partition coefficient (Wildman–Crippen LogP) is 3.53. The summed E-state index contributed by atoms with van der Waals surface area (Å²) in [5, 5.41) is 4.38. The summed E-state index contributed by atoms with van der Waals surface area (Å²) in [6.07, 6.45) is 5.28. The zero-order chi connectivity index (χ0) is 18.0. The Morgan fingerprint density at radius 1 is 1.20 bits per heavy atom. The second kappa shape index (κ2) is 6.93. The molecule has 0 bridgehead atoms. The van der Waals surface area contributed by atoms with Gasteiger partial charge in [-0.1, -0.05) is 13.8 Å². The molecule has 0 spiro atoms. The van der Waals surface area contributed by atoms with E-state index in [2.05, 4.69) is 18.9 Å². The number of nitrogens with zero attached hydrogens (tertiary/aromatic N) is 4. The maximum atomic E-state index is 13.2. The van der Waals surface area contributed by atoms with Crippen LogP contribution in [0.15, 0.2) is 55.0 Å². The van der Waals surface area contributed by atoms with E-state index >= 15 is 0 Å². The zero-order valence-electron chi connectivity index (χ0n) is 14.6. The molecule has 0 atom stereocenters. The van der Waals surface area contributed by atoms with E-state index < -0.39 is 0 Å². The van der Waals surface area contributed by atoms with Crippen molar-refractivity contribution in [3.05, 3.63) is 66.4 Å². The van der Waals surface area contributed by atoms with E-state index in [-0.39, 0.29) is 11.7 Å². The van der Waals surface area contributed by atoms with Crippen LogP contribution >= 0.6 is 0 Å². The molecule has 1 amide bonds. The third-order valence-corrected chi connectivity index (χ3v) is 3.88. The van der Waals surface area contributed by atoms with Crippen molar-refractivity contribution >= 4 is 5.91 Å². The first-order chi connectivity index (χ1) is 12.0. The number of rotatable bonds is 5. The number of hydrogen-bond donors (Lipinski definition) is 0. The van der Waals surface area contributed by atoms with Gasteiger partial charge in [0.05, 0.1) is 11.9 Å². The highest BCUT2D eigenvalue weighted by atomic mass is 19.1. The Balaban J connectivity index is 2.08. The lowest BCUT2D eigenvalue weighted by Gasteiger charge is -2.20. The monoisotopic (exact) mass is 340 g/mol. The molecule has 0 unspecified atom stereocenters. The molecule has 0 aliphatic heterocycles. The average molecular weight is 340 g/mol. The number of halogens is 1. The highest BCUT2D eigenvalue weighted by Crippen LogP contribution is 2.21. The van der Waals surface area contributed by atoms with Crippen molar-refractivity contribution in [2.75, 3.05) is 13.6 Å². The fourth-order valence-corrected chi connectivity index (χ4v) is 2.82. The van der Waals surface area contributed by atoms with Gasteiger partial charge in [-0.15, -0.1) is 0 Å². The second-order valence-corrected chi connectivity index (χ2v) is 6.44. The van der Waals surface area contributed by atoms with Crippen LogP contribution in [-0.4, -0.2) is 38.7 Å². The van der Waals surface area contributed by atoms with Gasteiger partial charge in [-0.05, 0) is 42.3 Å². The van der Waals surface area contributed by atoms with Crippen LogP contribution < -0.4 is 0 Å². The fourth-order valence-electron chi connectivity index (χ4n) is 2.82. The van der Waals surface area contributed by atoms with Gasteiger partial charge in [0.15, 0.2) is 5.82 Å². The maximum absolute atomic E-state index is 13.2. The third kappa shape index (κ3) is 3.47. The number of benzene rings is 1. The van der Waals surface area contributed by atoms with E-state index in [0.29, 0.717) is 29.5 Å². The van der Waals surface area contributed by atoms with Crippen molar-refractivity contribution in [1.82, 2.24) is 19.2 Å². The van der Waals surface area contributed by atoms with Crippen LogP contribution in [0.1, 0.15) is 24.2 Å². The first kappa shape index (κ1) is 17.0. The molecule has 6 heteroatoms. The van der Waals surface area contributed by atoms with Crippen molar-refractivity contribution in [2.24, 2.45) is 5.92 Å². The Kier molecular flexibility index (Phi) is 4.70. The normalized spacial score (nSPS) is 11.1. The molecule has 0 saturated heterocycles. The lowest BCUT2D eigenvalue weighted by Crippen LogP contribution is -2.30. The molecule has 25 heavy (non-hydrogen) atoms. The van der Waals surface area contributed by atoms with Crippen LogP contribution in [-0.2, 0) is 0 Å². The second-order valence-electron chi connectivity index (χ2n) is 6.44. The third-order valence-electron chi connectivity index (χ3n) is 3.88. The Hall–Kier alpha value is -2.89. The van der Waals surface area contributed by atoms with Crippen molar-refractivity contribution in [1.29, 1.82) is 0 Å². The van der Waals surface area contributed by atoms with Gasteiger partial charge in [-0.25, -0.2) is 9.07 Å². The molecule has 0 aliphatic rings. The summed E-state index contributed by atoms with van der Waals surface area (Å²) in [6.45, 7) is 4.79.